The van der Waals surface area contributed by atoms with E-state index in [1.54, 1.807) is 10.6 Å². The molecule has 0 saturated carbocycles. The van der Waals surface area contributed by atoms with Crippen molar-refractivity contribution >= 4 is 17.5 Å². The molecule has 1 aliphatic rings. The third-order valence-electron chi connectivity index (χ3n) is 3.66. The van der Waals surface area contributed by atoms with Crippen LogP contribution in [-0.4, -0.2) is 56.7 Å². The zero-order chi connectivity index (χ0) is 15.4. The number of carbonyl (C=O) groups is 1. The second-order valence-electron chi connectivity index (χ2n) is 5.20. The van der Waals surface area contributed by atoms with Gasteiger partial charge in [0, 0.05) is 19.3 Å². The van der Waals surface area contributed by atoms with Gasteiger partial charge in [0.25, 0.3) is 5.91 Å². The molecule has 1 N–H and O–H groups in total. The molecular weight excluding hydrogens is 304 g/mol. The number of likely N-dealkylation sites (tertiary alicyclic amines) is 1. The van der Waals surface area contributed by atoms with Gasteiger partial charge in [0.05, 0.1) is 10.6 Å². The first-order valence-electron chi connectivity index (χ1n) is 7.25. The van der Waals surface area contributed by atoms with Gasteiger partial charge in [0.1, 0.15) is 12.7 Å². The lowest BCUT2D eigenvalue weighted by Gasteiger charge is -2.14. The van der Waals surface area contributed by atoms with Gasteiger partial charge in [0.2, 0.25) is 0 Å². The Balaban J connectivity index is 1.59. The van der Waals surface area contributed by atoms with Crippen molar-refractivity contribution in [3.63, 3.8) is 0 Å². The summed E-state index contributed by atoms with van der Waals surface area (Å²) in [4.78, 5) is 18.7. The maximum atomic E-state index is 12.1. The fraction of sp³-hybridized carbons (Fsp3) is 0.429. The van der Waals surface area contributed by atoms with Crippen molar-refractivity contribution in [3.05, 3.63) is 35.5 Å². The Hall–Kier alpha value is -1.99. The fourth-order valence-corrected chi connectivity index (χ4v) is 2.75. The molecule has 0 aromatic carbocycles. The van der Waals surface area contributed by atoms with Crippen molar-refractivity contribution < 1.29 is 4.79 Å². The highest BCUT2D eigenvalue weighted by molar-refractivity contribution is 6.32. The monoisotopic (exact) mass is 320 g/mol. The third kappa shape index (κ3) is 3.42. The smallest absolute Gasteiger partial charge is 0.252 e. The van der Waals surface area contributed by atoms with Gasteiger partial charge in [-0.05, 0) is 32.0 Å². The second-order valence-corrected chi connectivity index (χ2v) is 5.61. The lowest BCUT2D eigenvalue weighted by molar-refractivity contribution is 0.0949. The lowest BCUT2D eigenvalue weighted by Crippen LogP contribution is -2.33. The van der Waals surface area contributed by atoms with E-state index in [-0.39, 0.29) is 5.91 Å². The molecule has 3 rings (SSSR count). The lowest BCUT2D eigenvalue weighted by atomic mass is 10.2. The molecule has 7 nitrogen and oxygen atoms in total. The number of hydrogen-bond donors (Lipinski definition) is 1. The van der Waals surface area contributed by atoms with E-state index in [4.69, 9.17) is 11.6 Å². The number of nitrogens with one attached hydrogen (secondary N) is 1. The summed E-state index contributed by atoms with van der Waals surface area (Å²) in [7, 11) is 0. The Labute approximate surface area is 133 Å². The van der Waals surface area contributed by atoms with Crippen molar-refractivity contribution in [2.45, 2.75) is 12.8 Å². The predicted octanol–water partition coefficient (Wildman–Crippen LogP) is 1.14. The molecule has 0 aliphatic carbocycles. The number of pyridine rings is 1. The zero-order valence-electron chi connectivity index (χ0n) is 12.1. The van der Waals surface area contributed by atoms with Gasteiger partial charge in [-0.15, -0.1) is 10.2 Å². The van der Waals surface area contributed by atoms with E-state index in [2.05, 4.69) is 25.4 Å². The van der Waals surface area contributed by atoms with Crippen LogP contribution in [0.3, 0.4) is 0 Å². The molecule has 1 fully saturated rings. The van der Waals surface area contributed by atoms with Crippen molar-refractivity contribution in [3.8, 4) is 5.82 Å². The van der Waals surface area contributed by atoms with Gasteiger partial charge in [-0.3, -0.25) is 9.36 Å². The molecule has 1 saturated heterocycles. The van der Waals surface area contributed by atoms with E-state index in [0.29, 0.717) is 22.9 Å². The van der Waals surface area contributed by atoms with Crippen LogP contribution in [0.15, 0.2) is 24.9 Å². The van der Waals surface area contributed by atoms with Crippen LogP contribution in [0.25, 0.3) is 5.82 Å². The van der Waals surface area contributed by atoms with Crippen molar-refractivity contribution in [1.29, 1.82) is 0 Å². The largest absolute Gasteiger partial charge is 0.351 e. The average molecular weight is 321 g/mol. The van der Waals surface area contributed by atoms with Crippen LogP contribution in [0, 0.1) is 0 Å². The van der Waals surface area contributed by atoms with E-state index < -0.39 is 0 Å². The number of halogens is 1. The molecule has 116 valence electrons. The summed E-state index contributed by atoms with van der Waals surface area (Å²) in [6.45, 7) is 3.75. The maximum absolute atomic E-state index is 12.1. The number of rotatable bonds is 5. The van der Waals surface area contributed by atoms with Gasteiger partial charge in [-0.1, -0.05) is 11.6 Å². The zero-order valence-corrected chi connectivity index (χ0v) is 12.8. The molecular formula is C14H17ClN6O. The summed E-state index contributed by atoms with van der Waals surface area (Å²) in [5.41, 5.74) is 0.447. The summed E-state index contributed by atoms with van der Waals surface area (Å²) in [6.07, 6.45) is 7.01. The Kier molecular flexibility index (Phi) is 4.65. The summed E-state index contributed by atoms with van der Waals surface area (Å²) >= 11 is 6.18. The molecule has 3 heterocycles. The van der Waals surface area contributed by atoms with E-state index in [1.807, 2.05) is 0 Å². The molecule has 0 atom stereocenters. The van der Waals surface area contributed by atoms with Crippen molar-refractivity contribution in [2.75, 3.05) is 26.2 Å². The Morgan fingerprint density at radius 3 is 2.68 bits per heavy atom. The number of nitrogens with zero attached hydrogens (tertiary/aromatic N) is 5. The van der Waals surface area contributed by atoms with E-state index in [0.717, 1.165) is 19.6 Å². The summed E-state index contributed by atoms with van der Waals surface area (Å²) in [6, 6.07) is 1.61. The molecule has 0 spiro atoms. The first-order chi connectivity index (χ1) is 10.7. The Morgan fingerprint density at radius 2 is 2.00 bits per heavy atom. The molecule has 1 aliphatic heterocycles. The minimum Gasteiger partial charge on any atom is -0.351 e. The summed E-state index contributed by atoms with van der Waals surface area (Å²) in [5, 5.41) is 10.7. The molecule has 22 heavy (non-hydrogen) atoms. The van der Waals surface area contributed by atoms with E-state index in [9.17, 15) is 4.79 Å². The quantitative estimate of drug-likeness (QED) is 0.894. The van der Waals surface area contributed by atoms with Crippen LogP contribution in [0.1, 0.15) is 23.2 Å². The SMILES string of the molecule is O=C(NCCN1CCCC1)c1cnc(-n2cnnc2)c(Cl)c1. The van der Waals surface area contributed by atoms with Gasteiger partial charge >= 0.3 is 0 Å². The highest BCUT2D eigenvalue weighted by Crippen LogP contribution is 2.18. The predicted molar refractivity (Wildman–Crippen MR) is 82.2 cm³/mol. The van der Waals surface area contributed by atoms with Crippen LogP contribution in [0.4, 0.5) is 0 Å². The number of carbonyl (C=O) groups excluding carboxylic acids is 1. The number of amides is 1. The highest BCUT2D eigenvalue weighted by atomic mass is 35.5. The third-order valence-corrected chi connectivity index (χ3v) is 3.94. The fourth-order valence-electron chi connectivity index (χ4n) is 2.49. The number of hydrogen-bond acceptors (Lipinski definition) is 5. The second kappa shape index (κ2) is 6.85. The summed E-state index contributed by atoms with van der Waals surface area (Å²) < 4.78 is 1.59. The molecule has 1 amide bonds. The van der Waals surface area contributed by atoms with Crippen LogP contribution >= 0.6 is 11.6 Å². The van der Waals surface area contributed by atoms with Gasteiger partial charge in [0.15, 0.2) is 5.82 Å². The van der Waals surface area contributed by atoms with Gasteiger partial charge in [-0.25, -0.2) is 4.98 Å². The van der Waals surface area contributed by atoms with E-state index in [1.165, 1.54) is 31.7 Å². The summed E-state index contributed by atoms with van der Waals surface area (Å²) in [5.74, 6) is 0.337. The molecule has 2 aromatic rings. The molecule has 2 aromatic heterocycles. The van der Waals surface area contributed by atoms with Crippen LogP contribution < -0.4 is 5.32 Å². The molecule has 0 radical (unpaired) electrons. The standard InChI is InChI=1S/C14H17ClN6O/c15-12-7-11(8-17-13(12)21-9-18-19-10-21)14(22)16-3-6-20-4-1-2-5-20/h7-10H,1-6H2,(H,16,22). The minimum absolute atomic E-state index is 0.163. The number of aromatic nitrogens is 4. The first kappa shape index (κ1) is 14.9. The van der Waals surface area contributed by atoms with Gasteiger partial charge < -0.3 is 10.2 Å². The minimum atomic E-state index is -0.163. The molecule has 0 unspecified atom stereocenters. The molecule has 0 bridgehead atoms. The van der Waals surface area contributed by atoms with Gasteiger partial charge in [-0.2, -0.15) is 0 Å². The molecule has 8 heteroatoms. The first-order valence-corrected chi connectivity index (χ1v) is 7.63. The maximum Gasteiger partial charge on any atom is 0.252 e. The average Bonchev–Trinajstić information content (AvgIpc) is 3.20. The normalized spacial score (nSPS) is 15.1. The van der Waals surface area contributed by atoms with Crippen LogP contribution in [0.2, 0.25) is 5.02 Å². The van der Waals surface area contributed by atoms with Crippen molar-refractivity contribution in [1.82, 2.24) is 30.0 Å². The van der Waals surface area contributed by atoms with E-state index >= 15 is 0 Å². The van der Waals surface area contributed by atoms with Crippen LogP contribution in [0.5, 0.6) is 0 Å². The Bertz CT molecular complexity index is 639. The van der Waals surface area contributed by atoms with Crippen LogP contribution in [-0.2, 0) is 0 Å². The van der Waals surface area contributed by atoms with Crippen molar-refractivity contribution in [2.24, 2.45) is 0 Å². The highest BCUT2D eigenvalue weighted by Gasteiger charge is 2.13. The Morgan fingerprint density at radius 1 is 1.27 bits per heavy atom. The topological polar surface area (TPSA) is 75.9 Å².